The summed E-state index contributed by atoms with van der Waals surface area (Å²) in [5, 5.41) is 4.99. The van der Waals surface area contributed by atoms with Gasteiger partial charge in [0, 0.05) is 16.7 Å². The number of rotatable bonds is 5. The molecule has 212 valence electrons. The highest BCUT2D eigenvalue weighted by Crippen LogP contribution is 2.41. The van der Waals surface area contributed by atoms with E-state index < -0.39 is 0 Å². The first-order valence-electron chi connectivity index (χ1n) is 15.2. The Morgan fingerprint density at radius 3 is 1.42 bits per heavy atom. The molecule has 0 N–H and O–H groups in total. The van der Waals surface area contributed by atoms with Crippen LogP contribution in [-0.2, 0) is 0 Å². The minimum absolute atomic E-state index is 0.650. The molecule has 0 atom stereocenters. The second-order valence-electron chi connectivity index (χ2n) is 11.3. The Labute approximate surface area is 262 Å². The van der Waals surface area contributed by atoms with E-state index in [1.165, 1.54) is 43.8 Å². The van der Waals surface area contributed by atoms with Crippen molar-refractivity contribution in [3.8, 4) is 56.4 Å². The third kappa shape index (κ3) is 4.95. The summed E-state index contributed by atoms with van der Waals surface area (Å²) >= 11 is 0. The first kappa shape index (κ1) is 26.7. The summed E-state index contributed by atoms with van der Waals surface area (Å²) in [7, 11) is 0. The lowest BCUT2D eigenvalue weighted by Crippen LogP contribution is -2.00. The number of aromatic nitrogens is 3. The van der Waals surface area contributed by atoms with E-state index in [4.69, 9.17) is 15.0 Å². The van der Waals surface area contributed by atoms with Crippen LogP contribution in [0.5, 0.6) is 0 Å². The molecular weight excluding hydrogens is 546 g/mol. The van der Waals surface area contributed by atoms with Gasteiger partial charge < -0.3 is 0 Å². The predicted octanol–water partition coefficient (Wildman–Crippen LogP) is 10.8. The summed E-state index contributed by atoms with van der Waals surface area (Å²) in [5.41, 5.74) is 8.96. The van der Waals surface area contributed by atoms with Crippen LogP contribution >= 0.6 is 0 Å². The Kier molecular flexibility index (Phi) is 6.69. The van der Waals surface area contributed by atoms with Crippen molar-refractivity contribution in [2.45, 2.75) is 6.92 Å². The number of hydrogen-bond acceptors (Lipinski definition) is 3. The lowest BCUT2D eigenvalue weighted by molar-refractivity contribution is 1.07. The van der Waals surface area contributed by atoms with Crippen molar-refractivity contribution in [1.29, 1.82) is 0 Å². The quantitative estimate of drug-likeness (QED) is 0.205. The van der Waals surface area contributed by atoms with Gasteiger partial charge in [0.05, 0.1) is 0 Å². The van der Waals surface area contributed by atoms with Crippen molar-refractivity contribution in [3.05, 3.63) is 163 Å². The molecule has 8 rings (SSSR count). The monoisotopic (exact) mass is 575 g/mol. The summed E-state index contributed by atoms with van der Waals surface area (Å²) in [6.45, 7) is 2.18. The Hall–Kier alpha value is -5.93. The number of nitrogens with zero attached hydrogens (tertiary/aromatic N) is 3. The number of hydrogen-bond donors (Lipinski definition) is 0. The molecule has 0 spiro atoms. The molecule has 45 heavy (non-hydrogen) atoms. The zero-order valence-electron chi connectivity index (χ0n) is 24.9. The van der Waals surface area contributed by atoms with E-state index in [9.17, 15) is 0 Å². The minimum atomic E-state index is 0.650. The summed E-state index contributed by atoms with van der Waals surface area (Å²) in [6.07, 6.45) is 0. The highest BCUT2D eigenvalue weighted by atomic mass is 15.0. The van der Waals surface area contributed by atoms with Gasteiger partial charge in [0.15, 0.2) is 17.5 Å². The van der Waals surface area contributed by atoms with Gasteiger partial charge in [-0.05, 0) is 56.3 Å². The molecule has 0 saturated heterocycles. The van der Waals surface area contributed by atoms with E-state index in [1.807, 2.05) is 60.7 Å². The highest BCUT2D eigenvalue weighted by molar-refractivity contribution is 6.09. The smallest absolute Gasteiger partial charge is 0.164 e. The van der Waals surface area contributed by atoms with Crippen molar-refractivity contribution < 1.29 is 0 Å². The van der Waals surface area contributed by atoms with Gasteiger partial charge in [0.2, 0.25) is 0 Å². The molecule has 8 aromatic rings. The molecule has 7 aromatic carbocycles. The predicted molar refractivity (Wildman–Crippen MR) is 187 cm³/mol. The van der Waals surface area contributed by atoms with Crippen LogP contribution in [0.4, 0.5) is 0 Å². The molecule has 0 fully saturated rings. The molecule has 1 aromatic heterocycles. The van der Waals surface area contributed by atoms with E-state index >= 15 is 0 Å². The lowest BCUT2D eigenvalue weighted by atomic mass is 9.87. The Morgan fingerprint density at radius 2 is 0.800 bits per heavy atom. The normalized spacial score (nSPS) is 11.2. The van der Waals surface area contributed by atoms with Crippen LogP contribution < -0.4 is 0 Å². The van der Waals surface area contributed by atoms with Gasteiger partial charge in [-0.3, -0.25) is 0 Å². The zero-order chi connectivity index (χ0) is 30.2. The summed E-state index contributed by atoms with van der Waals surface area (Å²) in [6, 6.07) is 55.2. The number of fused-ring (bicyclic) bond motifs is 2. The van der Waals surface area contributed by atoms with Crippen LogP contribution in [0.25, 0.3) is 78.0 Å². The van der Waals surface area contributed by atoms with E-state index in [0.717, 1.165) is 22.3 Å². The number of aryl methyl sites for hydroxylation is 1. The van der Waals surface area contributed by atoms with Crippen LogP contribution in [0.3, 0.4) is 0 Å². The van der Waals surface area contributed by atoms with E-state index in [0.29, 0.717) is 17.5 Å². The molecule has 0 amide bonds. The first-order valence-corrected chi connectivity index (χ1v) is 15.2. The van der Waals surface area contributed by atoms with E-state index in [1.54, 1.807) is 0 Å². The largest absolute Gasteiger partial charge is 0.208 e. The van der Waals surface area contributed by atoms with E-state index in [-0.39, 0.29) is 0 Å². The maximum Gasteiger partial charge on any atom is 0.164 e. The molecule has 3 heteroatoms. The second-order valence-corrected chi connectivity index (χ2v) is 11.3. The maximum atomic E-state index is 4.94. The van der Waals surface area contributed by atoms with Crippen molar-refractivity contribution in [2.24, 2.45) is 0 Å². The summed E-state index contributed by atoms with van der Waals surface area (Å²) in [5.74, 6) is 1.97. The molecule has 0 bridgehead atoms. The standard InChI is InChI=1S/C42H29N3/c1-28-20-26-37(36-19-11-10-17-34(28)36)38-27-25-29-12-8-9-18-35(29)39(38)30-21-23-33(24-22-30)42-44-40(31-13-4-2-5-14-31)43-41(45-42)32-15-6-3-7-16-32/h2-27H,1H3. The minimum Gasteiger partial charge on any atom is -0.208 e. The molecule has 0 aliphatic heterocycles. The summed E-state index contributed by atoms with van der Waals surface area (Å²) < 4.78 is 0. The average molecular weight is 576 g/mol. The fourth-order valence-electron chi connectivity index (χ4n) is 6.22. The van der Waals surface area contributed by atoms with Gasteiger partial charge in [-0.25, -0.2) is 15.0 Å². The van der Waals surface area contributed by atoms with Gasteiger partial charge in [-0.2, -0.15) is 0 Å². The fourth-order valence-corrected chi connectivity index (χ4v) is 6.22. The molecule has 1 heterocycles. The second kappa shape index (κ2) is 11.3. The third-order valence-corrected chi connectivity index (χ3v) is 8.49. The number of benzene rings is 7. The van der Waals surface area contributed by atoms with E-state index in [2.05, 4.69) is 104 Å². The molecule has 0 unspecified atom stereocenters. The highest BCUT2D eigenvalue weighted by Gasteiger charge is 2.16. The molecule has 0 aliphatic rings. The zero-order valence-corrected chi connectivity index (χ0v) is 24.9. The van der Waals surface area contributed by atoms with Crippen molar-refractivity contribution in [3.63, 3.8) is 0 Å². The van der Waals surface area contributed by atoms with Crippen LogP contribution in [0.15, 0.2) is 158 Å². The average Bonchev–Trinajstić information content (AvgIpc) is 3.12. The molecular formula is C42H29N3. The Balaban J connectivity index is 1.29. The van der Waals surface area contributed by atoms with Gasteiger partial charge in [0.25, 0.3) is 0 Å². The lowest BCUT2D eigenvalue weighted by Gasteiger charge is -2.17. The van der Waals surface area contributed by atoms with Crippen LogP contribution in [0.2, 0.25) is 0 Å². The third-order valence-electron chi connectivity index (χ3n) is 8.49. The van der Waals surface area contributed by atoms with Crippen LogP contribution in [0, 0.1) is 6.92 Å². The van der Waals surface area contributed by atoms with Crippen molar-refractivity contribution in [2.75, 3.05) is 0 Å². The van der Waals surface area contributed by atoms with Crippen molar-refractivity contribution in [1.82, 2.24) is 15.0 Å². The van der Waals surface area contributed by atoms with Crippen molar-refractivity contribution >= 4 is 21.5 Å². The maximum absolute atomic E-state index is 4.94. The van der Waals surface area contributed by atoms with Crippen LogP contribution in [0.1, 0.15) is 5.56 Å². The Morgan fingerprint density at radius 1 is 0.333 bits per heavy atom. The SMILES string of the molecule is Cc1ccc(-c2ccc3ccccc3c2-c2ccc(-c3nc(-c4ccccc4)nc(-c4ccccc4)n3)cc2)c2ccccc12. The molecule has 0 aliphatic carbocycles. The first-order chi connectivity index (χ1) is 22.2. The summed E-state index contributed by atoms with van der Waals surface area (Å²) in [4.78, 5) is 14.7. The fraction of sp³-hybridized carbons (Fsp3) is 0.0238. The molecule has 0 radical (unpaired) electrons. The van der Waals surface area contributed by atoms with Gasteiger partial charge in [-0.15, -0.1) is 0 Å². The Bertz CT molecular complexity index is 2250. The van der Waals surface area contributed by atoms with Gasteiger partial charge >= 0.3 is 0 Å². The van der Waals surface area contributed by atoms with Gasteiger partial charge in [-0.1, -0.05) is 158 Å². The van der Waals surface area contributed by atoms with Crippen LogP contribution in [-0.4, -0.2) is 15.0 Å². The van der Waals surface area contributed by atoms with Gasteiger partial charge in [0.1, 0.15) is 0 Å². The molecule has 3 nitrogen and oxygen atoms in total. The molecule has 0 saturated carbocycles. The topological polar surface area (TPSA) is 38.7 Å².